The number of thioether (sulfide) groups is 1. The molecule has 90 valence electrons. The standard InChI is InChI=1S/C10H22N2O2S/c1-3-12(4-2)6-8-15-9-10(14)11-5-7-13/h13H,3-9H2,1-2H3,(H,11,14). The van der Waals surface area contributed by atoms with Crippen molar-refractivity contribution in [3.63, 3.8) is 0 Å². The van der Waals surface area contributed by atoms with Crippen molar-refractivity contribution < 1.29 is 9.90 Å². The second kappa shape index (κ2) is 10.3. The van der Waals surface area contributed by atoms with Crippen molar-refractivity contribution in [2.75, 3.05) is 44.3 Å². The molecule has 0 heterocycles. The maximum Gasteiger partial charge on any atom is 0.230 e. The van der Waals surface area contributed by atoms with E-state index in [-0.39, 0.29) is 12.5 Å². The van der Waals surface area contributed by atoms with Crippen LogP contribution in [0.2, 0.25) is 0 Å². The number of hydrogen-bond donors (Lipinski definition) is 2. The van der Waals surface area contributed by atoms with Crippen molar-refractivity contribution in [2.24, 2.45) is 0 Å². The van der Waals surface area contributed by atoms with E-state index in [2.05, 4.69) is 24.1 Å². The number of rotatable bonds is 9. The summed E-state index contributed by atoms with van der Waals surface area (Å²) >= 11 is 1.64. The highest BCUT2D eigenvalue weighted by atomic mass is 32.2. The van der Waals surface area contributed by atoms with Gasteiger partial charge in [-0.25, -0.2) is 0 Å². The second-order valence-corrected chi connectivity index (χ2v) is 4.26. The maximum atomic E-state index is 11.1. The molecule has 0 rings (SSSR count). The molecule has 0 aliphatic rings. The smallest absolute Gasteiger partial charge is 0.230 e. The molecule has 0 atom stereocenters. The third kappa shape index (κ3) is 8.72. The molecule has 0 aromatic rings. The Morgan fingerprint density at radius 2 is 2.07 bits per heavy atom. The molecule has 4 nitrogen and oxygen atoms in total. The largest absolute Gasteiger partial charge is 0.395 e. The minimum atomic E-state index is 0.00796. The molecule has 1 amide bonds. The Morgan fingerprint density at radius 3 is 2.60 bits per heavy atom. The summed E-state index contributed by atoms with van der Waals surface area (Å²) in [6.45, 7) is 7.81. The first-order valence-electron chi connectivity index (χ1n) is 5.42. The fourth-order valence-electron chi connectivity index (χ4n) is 1.14. The lowest BCUT2D eigenvalue weighted by Gasteiger charge is -2.17. The lowest BCUT2D eigenvalue weighted by Crippen LogP contribution is -2.29. The van der Waals surface area contributed by atoms with E-state index in [9.17, 15) is 4.79 Å². The van der Waals surface area contributed by atoms with Gasteiger partial charge in [0.25, 0.3) is 0 Å². The zero-order valence-corrected chi connectivity index (χ0v) is 10.5. The lowest BCUT2D eigenvalue weighted by molar-refractivity contribution is -0.118. The molecule has 0 saturated carbocycles. The van der Waals surface area contributed by atoms with Crippen LogP contribution in [0.4, 0.5) is 0 Å². The third-order valence-corrected chi connectivity index (χ3v) is 3.05. The van der Waals surface area contributed by atoms with Gasteiger partial charge in [-0.05, 0) is 13.1 Å². The van der Waals surface area contributed by atoms with Crippen LogP contribution in [0, 0.1) is 0 Å². The van der Waals surface area contributed by atoms with E-state index in [1.807, 2.05) is 0 Å². The van der Waals surface area contributed by atoms with Gasteiger partial charge < -0.3 is 15.3 Å². The number of amides is 1. The van der Waals surface area contributed by atoms with Gasteiger partial charge >= 0.3 is 0 Å². The molecule has 0 saturated heterocycles. The van der Waals surface area contributed by atoms with Crippen molar-refractivity contribution in [2.45, 2.75) is 13.8 Å². The summed E-state index contributed by atoms with van der Waals surface area (Å²) in [5.41, 5.74) is 0. The van der Waals surface area contributed by atoms with Crippen LogP contribution in [-0.4, -0.2) is 60.2 Å². The van der Waals surface area contributed by atoms with Crippen LogP contribution in [0.5, 0.6) is 0 Å². The highest BCUT2D eigenvalue weighted by Gasteiger charge is 2.02. The van der Waals surface area contributed by atoms with Crippen LogP contribution in [0.25, 0.3) is 0 Å². The first kappa shape index (κ1) is 14.7. The molecular weight excluding hydrogens is 212 g/mol. The van der Waals surface area contributed by atoms with Crippen LogP contribution >= 0.6 is 11.8 Å². The van der Waals surface area contributed by atoms with E-state index in [1.54, 1.807) is 11.8 Å². The number of nitrogens with one attached hydrogen (secondary N) is 1. The average molecular weight is 234 g/mol. The Bertz CT molecular complexity index is 164. The molecule has 0 fully saturated rings. The van der Waals surface area contributed by atoms with Crippen LogP contribution in [-0.2, 0) is 4.79 Å². The van der Waals surface area contributed by atoms with Gasteiger partial charge in [-0.15, -0.1) is 0 Å². The number of carbonyl (C=O) groups excluding carboxylic acids is 1. The molecule has 0 aliphatic carbocycles. The van der Waals surface area contributed by atoms with Gasteiger partial charge in [-0.3, -0.25) is 4.79 Å². The Hall–Kier alpha value is -0.260. The highest BCUT2D eigenvalue weighted by Crippen LogP contribution is 2.00. The van der Waals surface area contributed by atoms with Gasteiger partial charge in [0.05, 0.1) is 12.4 Å². The quantitative estimate of drug-likeness (QED) is 0.558. The Balaban J connectivity index is 3.33. The molecule has 0 unspecified atom stereocenters. The average Bonchev–Trinajstić information content (AvgIpc) is 2.26. The predicted molar refractivity (Wildman–Crippen MR) is 65.2 cm³/mol. The van der Waals surface area contributed by atoms with Gasteiger partial charge in [0, 0.05) is 18.8 Å². The van der Waals surface area contributed by atoms with E-state index in [0.29, 0.717) is 12.3 Å². The van der Waals surface area contributed by atoms with Gasteiger partial charge in [-0.1, -0.05) is 13.8 Å². The molecule has 0 aromatic carbocycles. The second-order valence-electron chi connectivity index (χ2n) is 3.15. The number of nitrogens with zero attached hydrogens (tertiary/aromatic N) is 1. The summed E-state index contributed by atoms with van der Waals surface area (Å²) in [6, 6.07) is 0. The summed E-state index contributed by atoms with van der Waals surface area (Å²) in [5, 5.41) is 11.1. The third-order valence-electron chi connectivity index (χ3n) is 2.11. The van der Waals surface area contributed by atoms with E-state index < -0.39 is 0 Å². The molecule has 0 aliphatic heterocycles. The molecule has 0 bridgehead atoms. The normalized spacial score (nSPS) is 10.7. The van der Waals surface area contributed by atoms with Crippen LogP contribution < -0.4 is 5.32 Å². The number of hydrogen-bond acceptors (Lipinski definition) is 4. The molecule has 2 N–H and O–H groups in total. The van der Waals surface area contributed by atoms with Gasteiger partial charge in [0.2, 0.25) is 5.91 Å². The number of aliphatic hydroxyl groups excluding tert-OH is 1. The maximum absolute atomic E-state index is 11.1. The summed E-state index contributed by atoms with van der Waals surface area (Å²) in [5.74, 6) is 1.48. The van der Waals surface area contributed by atoms with Gasteiger partial charge in [0.1, 0.15) is 0 Å². The number of aliphatic hydroxyl groups is 1. The minimum Gasteiger partial charge on any atom is -0.395 e. The Labute approximate surface area is 96.4 Å². The highest BCUT2D eigenvalue weighted by molar-refractivity contribution is 7.99. The topological polar surface area (TPSA) is 52.6 Å². The van der Waals surface area contributed by atoms with Gasteiger partial charge in [0.15, 0.2) is 0 Å². The van der Waals surface area contributed by atoms with E-state index in [4.69, 9.17) is 5.11 Å². The van der Waals surface area contributed by atoms with Crippen molar-refractivity contribution in [3.8, 4) is 0 Å². The SMILES string of the molecule is CCN(CC)CCSCC(=O)NCCO. The summed E-state index contributed by atoms with van der Waals surface area (Å²) in [7, 11) is 0. The molecular formula is C10H22N2O2S. The van der Waals surface area contributed by atoms with Crippen molar-refractivity contribution in [3.05, 3.63) is 0 Å². The monoisotopic (exact) mass is 234 g/mol. The Morgan fingerprint density at radius 1 is 1.40 bits per heavy atom. The summed E-state index contributed by atoms with van der Waals surface area (Å²) in [4.78, 5) is 13.5. The van der Waals surface area contributed by atoms with E-state index in [1.165, 1.54) is 0 Å². The molecule has 5 heteroatoms. The minimum absolute atomic E-state index is 0.00796. The first-order chi connectivity index (χ1) is 7.24. The predicted octanol–water partition coefficient (Wildman–Crippen LogP) is 0.170. The zero-order valence-electron chi connectivity index (χ0n) is 9.66. The summed E-state index contributed by atoms with van der Waals surface area (Å²) < 4.78 is 0. The van der Waals surface area contributed by atoms with Gasteiger partial charge in [-0.2, -0.15) is 11.8 Å². The molecule has 15 heavy (non-hydrogen) atoms. The van der Waals surface area contributed by atoms with E-state index >= 15 is 0 Å². The van der Waals surface area contributed by atoms with Crippen molar-refractivity contribution in [1.29, 1.82) is 0 Å². The lowest BCUT2D eigenvalue weighted by atomic mass is 10.5. The molecule has 0 radical (unpaired) electrons. The molecule has 0 aromatic heterocycles. The Kier molecular flexibility index (Phi) is 10.1. The van der Waals surface area contributed by atoms with Crippen molar-refractivity contribution in [1.82, 2.24) is 10.2 Å². The van der Waals surface area contributed by atoms with Crippen LogP contribution in [0.15, 0.2) is 0 Å². The van der Waals surface area contributed by atoms with Crippen molar-refractivity contribution >= 4 is 17.7 Å². The van der Waals surface area contributed by atoms with Crippen LogP contribution in [0.1, 0.15) is 13.8 Å². The van der Waals surface area contributed by atoms with Crippen LogP contribution in [0.3, 0.4) is 0 Å². The zero-order chi connectivity index (χ0) is 11.5. The fraction of sp³-hybridized carbons (Fsp3) is 0.900. The first-order valence-corrected chi connectivity index (χ1v) is 6.57. The summed E-state index contributed by atoms with van der Waals surface area (Å²) in [6.07, 6.45) is 0. The number of carbonyl (C=O) groups is 1. The van der Waals surface area contributed by atoms with E-state index in [0.717, 1.165) is 25.4 Å². The molecule has 0 spiro atoms. The fourth-order valence-corrected chi connectivity index (χ4v) is 1.96.